The van der Waals surface area contributed by atoms with E-state index in [1.54, 1.807) is 4.57 Å². The second-order valence-corrected chi connectivity index (χ2v) is 9.56. The minimum atomic E-state index is -2.95. The first-order chi connectivity index (χ1) is 10.7. The van der Waals surface area contributed by atoms with Crippen LogP contribution in [0.3, 0.4) is 0 Å². The molecule has 23 heavy (non-hydrogen) atoms. The van der Waals surface area contributed by atoms with Crippen LogP contribution in [-0.4, -0.2) is 52.4 Å². The van der Waals surface area contributed by atoms with Crippen molar-refractivity contribution < 1.29 is 13.2 Å². The van der Waals surface area contributed by atoms with Gasteiger partial charge in [0.2, 0.25) is 5.91 Å². The molecule has 1 aromatic heterocycles. The van der Waals surface area contributed by atoms with Crippen LogP contribution >= 0.6 is 11.8 Å². The number of sulfone groups is 1. The molecule has 0 spiro atoms. The molecule has 7 nitrogen and oxygen atoms in total. The van der Waals surface area contributed by atoms with Gasteiger partial charge in [-0.15, -0.1) is 10.2 Å². The summed E-state index contributed by atoms with van der Waals surface area (Å²) in [6, 6.07) is 0.127. The summed E-state index contributed by atoms with van der Waals surface area (Å²) in [5.74, 6) is 1.55. The number of thioether (sulfide) groups is 1. The third kappa shape index (κ3) is 4.69. The normalized spacial score (nSPS) is 21.5. The molecule has 1 aliphatic heterocycles. The Kier molecular flexibility index (Phi) is 5.72. The van der Waals surface area contributed by atoms with E-state index in [2.05, 4.69) is 29.4 Å². The van der Waals surface area contributed by atoms with E-state index in [1.807, 2.05) is 14.0 Å². The molecule has 1 aromatic rings. The maximum absolute atomic E-state index is 11.9. The van der Waals surface area contributed by atoms with Crippen LogP contribution < -0.4 is 5.32 Å². The molecule has 1 fully saturated rings. The van der Waals surface area contributed by atoms with E-state index in [9.17, 15) is 13.2 Å². The zero-order valence-corrected chi connectivity index (χ0v) is 15.6. The smallest absolute Gasteiger partial charge is 0.230 e. The molecule has 0 aliphatic carbocycles. The summed E-state index contributed by atoms with van der Waals surface area (Å²) in [6.07, 6.45) is 0.589. The van der Waals surface area contributed by atoms with Gasteiger partial charge in [-0.2, -0.15) is 0 Å². The molecule has 0 unspecified atom stereocenters. The third-order valence-electron chi connectivity index (χ3n) is 4.19. The standard InChI is InChI=1S/C14H24N4O3S2/c1-9(2)10(3)15-12(19)7-22-14-17-16-13(18(14)4)11-5-6-23(20,21)8-11/h9-11H,5-8H2,1-4H3,(H,15,19)/t10-,11+/m1/s1. The average molecular weight is 361 g/mol. The summed E-state index contributed by atoms with van der Waals surface area (Å²) in [7, 11) is -1.13. The molecular formula is C14H24N4O3S2. The number of nitrogens with zero attached hydrogens (tertiary/aromatic N) is 3. The molecule has 0 radical (unpaired) electrons. The average Bonchev–Trinajstić information content (AvgIpc) is 2.99. The highest BCUT2D eigenvalue weighted by atomic mass is 32.2. The van der Waals surface area contributed by atoms with E-state index in [0.717, 1.165) is 0 Å². The summed E-state index contributed by atoms with van der Waals surface area (Å²) in [5, 5.41) is 11.8. The van der Waals surface area contributed by atoms with E-state index < -0.39 is 9.84 Å². The molecule has 0 saturated carbocycles. The molecule has 1 aliphatic rings. The Morgan fingerprint density at radius 3 is 2.65 bits per heavy atom. The molecule has 0 aromatic carbocycles. The van der Waals surface area contributed by atoms with Gasteiger partial charge in [-0.25, -0.2) is 8.42 Å². The van der Waals surface area contributed by atoms with E-state index in [0.29, 0.717) is 23.3 Å². The lowest BCUT2D eigenvalue weighted by Crippen LogP contribution is -2.37. The monoisotopic (exact) mass is 360 g/mol. The zero-order valence-electron chi connectivity index (χ0n) is 13.9. The Bertz CT molecular complexity index is 670. The van der Waals surface area contributed by atoms with Crippen molar-refractivity contribution >= 4 is 27.5 Å². The SMILES string of the molecule is CC(C)[C@@H](C)NC(=O)CSc1nnc([C@H]2CCS(=O)(=O)C2)n1C. The Morgan fingerprint density at radius 2 is 2.09 bits per heavy atom. The topological polar surface area (TPSA) is 94.0 Å². The molecule has 1 amide bonds. The van der Waals surface area contributed by atoms with Crippen LogP contribution in [-0.2, 0) is 21.7 Å². The van der Waals surface area contributed by atoms with Crippen molar-refractivity contribution in [1.29, 1.82) is 0 Å². The van der Waals surface area contributed by atoms with Gasteiger partial charge in [0.1, 0.15) is 5.82 Å². The van der Waals surface area contributed by atoms with Crippen molar-refractivity contribution in [2.75, 3.05) is 17.3 Å². The lowest BCUT2D eigenvalue weighted by molar-refractivity contribution is -0.119. The van der Waals surface area contributed by atoms with Gasteiger partial charge in [0.15, 0.2) is 15.0 Å². The van der Waals surface area contributed by atoms with Gasteiger partial charge in [-0.1, -0.05) is 25.6 Å². The molecular weight excluding hydrogens is 336 g/mol. The summed E-state index contributed by atoms with van der Waals surface area (Å²) < 4.78 is 25.0. The Morgan fingerprint density at radius 1 is 1.39 bits per heavy atom. The molecule has 1 N–H and O–H groups in total. The molecule has 2 heterocycles. The number of carbonyl (C=O) groups is 1. The number of nitrogens with one attached hydrogen (secondary N) is 1. The number of amides is 1. The van der Waals surface area contributed by atoms with Gasteiger partial charge in [-0.3, -0.25) is 4.79 Å². The van der Waals surface area contributed by atoms with Crippen LogP contribution in [0, 0.1) is 5.92 Å². The predicted molar refractivity (Wildman–Crippen MR) is 90.2 cm³/mol. The lowest BCUT2D eigenvalue weighted by Gasteiger charge is -2.17. The van der Waals surface area contributed by atoms with Gasteiger partial charge < -0.3 is 9.88 Å². The van der Waals surface area contributed by atoms with E-state index >= 15 is 0 Å². The van der Waals surface area contributed by atoms with Gasteiger partial charge in [0, 0.05) is 19.0 Å². The lowest BCUT2D eigenvalue weighted by atomic mass is 10.1. The number of rotatable bonds is 6. The van der Waals surface area contributed by atoms with Crippen molar-refractivity contribution in [3.63, 3.8) is 0 Å². The Labute approximate surface area is 141 Å². The van der Waals surface area contributed by atoms with Crippen molar-refractivity contribution in [2.24, 2.45) is 13.0 Å². The zero-order chi connectivity index (χ0) is 17.2. The van der Waals surface area contributed by atoms with Gasteiger partial charge >= 0.3 is 0 Å². The third-order valence-corrected chi connectivity index (χ3v) is 6.98. The van der Waals surface area contributed by atoms with E-state index in [-0.39, 0.29) is 35.1 Å². The molecule has 9 heteroatoms. The van der Waals surface area contributed by atoms with E-state index in [4.69, 9.17) is 0 Å². The molecule has 130 valence electrons. The van der Waals surface area contributed by atoms with Crippen LogP contribution in [0.5, 0.6) is 0 Å². The van der Waals surface area contributed by atoms with Crippen molar-refractivity contribution in [3.05, 3.63) is 5.82 Å². The highest BCUT2D eigenvalue weighted by Gasteiger charge is 2.32. The Hall–Kier alpha value is -1.09. The summed E-state index contributed by atoms with van der Waals surface area (Å²) in [6.45, 7) is 6.10. The maximum atomic E-state index is 11.9. The van der Waals surface area contributed by atoms with Crippen molar-refractivity contribution in [2.45, 2.75) is 44.3 Å². The fourth-order valence-corrected chi connectivity index (χ4v) is 4.87. The van der Waals surface area contributed by atoms with Crippen molar-refractivity contribution in [3.8, 4) is 0 Å². The molecule has 2 atom stereocenters. The van der Waals surface area contributed by atoms with E-state index in [1.165, 1.54) is 11.8 Å². The summed E-state index contributed by atoms with van der Waals surface area (Å²) in [4.78, 5) is 11.9. The minimum Gasteiger partial charge on any atom is -0.353 e. The van der Waals surface area contributed by atoms with Crippen molar-refractivity contribution in [1.82, 2.24) is 20.1 Å². The number of hydrogen-bond acceptors (Lipinski definition) is 6. The molecule has 1 saturated heterocycles. The van der Waals surface area contributed by atoms with Crippen LogP contribution in [0.25, 0.3) is 0 Å². The number of carbonyl (C=O) groups excluding carboxylic acids is 1. The quantitative estimate of drug-likeness (QED) is 0.760. The van der Waals surface area contributed by atoms with Crippen LogP contribution in [0.15, 0.2) is 5.16 Å². The van der Waals surface area contributed by atoms with Crippen LogP contribution in [0.2, 0.25) is 0 Å². The first kappa shape index (κ1) is 18.3. The predicted octanol–water partition coefficient (Wildman–Crippen LogP) is 0.970. The number of aromatic nitrogens is 3. The first-order valence-corrected chi connectivity index (χ1v) is 10.5. The van der Waals surface area contributed by atoms with Gasteiger partial charge in [0.25, 0.3) is 0 Å². The van der Waals surface area contributed by atoms with Gasteiger partial charge in [0.05, 0.1) is 17.3 Å². The molecule has 2 rings (SSSR count). The number of hydrogen-bond donors (Lipinski definition) is 1. The summed E-state index contributed by atoms with van der Waals surface area (Å²) >= 11 is 1.32. The maximum Gasteiger partial charge on any atom is 0.230 e. The minimum absolute atomic E-state index is 0.0378. The second-order valence-electron chi connectivity index (χ2n) is 6.39. The fourth-order valence-electron chi connectivity index (χ4n) is 2.40. The molecule has 0 bridgehead atoms. The Balaban J connectivity index is 1.94. The largest absolute Gasteiger partial charge is 0.353 e. The highest BCUT2D eigenvalue weighted by Crippen LogP contribution is 2.29. The van der Waals surface area contributed by atoms with Gasteiger partial charge in [-0.05, 0) is 19.3 Å². The van der Waals surface area contributed by atoms with Crippen LogP contribution in [0.4, 0.5) is 0 Å². The van der Waals surface area contributed by atoms with Crippen LogP contribution in [0.1, 0.15) is 38.9 Å². The highest BCUT2D eigenvalue weighted by molar-refractivity contribution is 7.99. The fraction of sp³-hybridized carbons (Fsp3) is 0.786. The first-order valence-electron chi connectivity index (χ1n) is 7.71. The second kappa shape index (κ2) is 7.21. The summed E-state index contributed by atoms with van der Waals surface area (Å²) in [5.41, 5.74) is 0.